The lowest BCUT2D eigenvalue weighted by Crippen LogP contribution is -2.47. The van der Waals surface area contributed by atoms with Crippen molar-refractivity contribution in [2.45, 2.75) is 57.4 Å². The smallest absolute Gasteiger partial charge is 0.239 e. The number of guanidine groups is 1. The Kier molecular flexibility index (Phi) is 11.1. The predicted octanol–water partition coefficient (Wildman–Crippen LogP) is 2.38. The number of nitrogens with zero attached hydrogens (tertiary/aromatic N) is 2. The van der Waals surface area contributed by atoms with Gasteiger partial charge in [-0.15, -0.1) is 24.0 Å². The van der Waals surface area contributed by atoms with Crippen molar-refractivity contribution in [3.8, 4) is 0 Å². The van der Waals surface area contributed by atoms with Gasteiger partial charge in [0.2, 0.25) is 5.91 Å². The number of nitrogens with one attached hydrogen (secondary N) is 3. The molecule has 2 fully saturated rings. The summed E-state index contributed by atoms with van der Waals surface area (Å²) in [6, 6.07) is 8.61. The Balaban J connectivity index is 0.00000341. The molecule has 9 heteroatoms. The van der Waals surface area contributed by atoms with Crippen molar-refractivity contribution in [2.75, 3.05) is 36.8 Å². The summed E-state index contributed by atoms with van der Waals surface area (Å²) in [4.78, 5) is 18.4. The SMILES string of the molecule is CCNC(=NCc1ccc(N2CCNC(=O)C2)cc1)NC1CCCC(S(=O)CC)C1.I. The summed E-state index contributed by atoms with van der Waals surface area (Å²) in [5.74, 6) is 1.63. The molecular weight excluding hydrogens is 525 g/mol. The first-order valence-electron chi connectivity index (χ1n) is 11.1. The molecule has 1 aromatic carbocycles. The van der Waals surface area contributed by atoms with E-state index in [9.17, 15) is 9.00 Å². The highest BCUT2D eigenvalue weighted by atomic mass is 127. The lowest BCUT2D eigenvalue weighted by molar-refractivity contribution is -0.120. The van der Waals surface area contributed by atoms with E-state index in [1.807, 2.05) is 6.92 Å². The maximum atomic E-state index is 12.2. The molecule has 3 rings (SSSR count). The normalized spacial score (nSPS) is 22.8. The summed E-state index contributed by atoms with van der Waals surface area (Å²) in [6.07, 6.45) is 4.23. The van der Waals surface area contributed by atoms with Gasteiger partial charge in [-0.05, 0) is 43.9 Å². The van der Waals surface area contributed by atoms with E-state index in [1.54, 1.807) is 0 Å². The number of hydrogen-bond donors (Lipinski definition) is 3. The Hall–Kier alpha value is -1.36. The number of carbonyl (C=O) groups is 1. The molecule has 3 N–H and O–H groups in total. The third-order valence-corrected chi connectivity index (χ3v) is 7.47. The lowest BCUT2D eigenvalue weighted by Gasteiger charge is -2.30. The van der Waals surface area contributed by atoms with Crippen molar-refractivity contribution in [3.05, 3.63) is 29.8 Å². The Morgan fingerprint density at radius 2 is 2.03 bits per heavy atom. The largest absolute Gasteiger partial charge is 0.360 e. The number of rotatable bonds is 7. The number of carbonyl (C=O) groups excluding carboxylic acids is 1. The third-order valence-electron chi connectivity index (χ3n) is 5.73. The molecule has 3 atom stereocenters. The molecule has 174 valence electrons. The molecule has 1 heterocycles. The molecule has 0 bridgehead atoms. The predicted molar refractivity (Wildman–Crippen MR) is 140 cm³/mol. The molecule has 1 saturated heterocycles. The van der Waals surface area contributed by atoms with E-state index in [4.69, 9.17) is 4.99 Å². The van der Waals surface area contributed by atoms with Gasteiger partial charge in [-0.2, -0.15) is 0 Å². The van der Waals surface area contributed by atoms with Gasteiger partial charge in [0.1, 0.15) is 0 Å². The van der Waals surface area contributed by atoms with Crippen molar-refractivity contribution < 1.29 is 9.00 Å². The van der Waals surface area contributed by atoms with Crippen LogP contribution < -0.4 is 20.9 Å². The zero-order chi connectivity index (χ0) is 21.3. The molecule has 0 aromatic heterocycles. The van der Waals surface area contributed by atoms with Gasteiger partial charge in [0.15, 0.2) is 5.96 Å². The van der Waals surface area contributed by atoms with Gasteiger partial charge in [0.25, 0.3) is 0 Å². The van der Waals surface area contributed by atoms with E-state index in [0.717, 1.165) is 61.7 Å². The van der Waals surface area contributed by atoms with Crippen molar-refractivity contribution in [2.24, 2.45) is 4.99 Å². The number of halogens is 1. The van der Waals surface area contributed by atoms with E-state index in [-0.39, 0.29) is 29.9 Å². The van der Waals surface area contributed by atoms with Crippen LogP contribution in [0, 0.1) is 0 Å². The average molecular weight is 562 g/mol. The van der Waals surface area contributed by atoms with Gasteiger partial charge in [-0.1, -0.05) is 25.5 Å². The second-order valence-electron chi connectivity index (χ2n) is 7.93. The van der Waals surface area contributed by atoms with Crippen LogP contribution in [0.1, 0.15) is 45.1 Å². The fourth-order valence-corrected chi connectivity index (χ4v) is 5.45. The molecule has 1 aliphatic heterocycles. The number of anilines is 1. The zero-order valence-corrected chi connectivity index (χ0v) is 21.7. The molecule has 1 amide bonds. The van der Waals surface area contributed by atoms with Gasteiger partial charge < -0.3 is 20.9 Å². The highest BCUT2D eigenvalue weighted by Crippen LogP contribution is 2.23. The molecule has 31 heavy (non-hydrogen) atoms. The van der Waals surface area contributed by atoms with Crippen LogP contribution in [0.15, 0.2) is 29.3 Å². The van der Waals surface area contributed by atoms with Gasteiger partial charge in [-0.25, -0.2) is 4.99 Å². The Labute approximate surface area is 205 Å². The summed E-state index contributed by atoms with van der Waals surface area (Å²) in [6.45, 7) is 7.41. The fraction of sp³-hybridized carbons (Fsp3) is 0.636. The van der Waals surface area contributed by atoms with E-state index in [0.29, 0.717) is 30.9 Å². The van der Waals surface area contributed by atoms with Crippen LogP contribution in [-0.4, -0.2) is 59.3 Å². The first-order valence-corrected chi connectivity index (χ1v) is 12.5. The van der Waals surface area contributed by atoms with Crippen LogP contribution in [0.25, 0.3) is 0 Å². The van der Waals surface area contributed by atoms with Crippen LogP contribution in [0.4, 0.5) is 5.69 Å². The topological polar surface area (TPSA) is 85.8 Å². The number of aliphatic imine (C=N–C) groups is 1. The minimum absolute atomic E-state index is 0. The van der Waals surface area contributed by atoms with Crippen molar-refractivity contribution in [3.63, 3.8) is 0 Å². The third kappa shape index (κ3) is 7.93. The first-order chi connectivity index (χ1) is 14.6. The van der Waals surface area contributed by atoms with Crippen molar-refractivity contribution in [1.82, 2.24) is 16.0 Å². The molecule has 0 radical (unpaired) electrons. The van der Waals surface area contributed by atoms with E-state index < -0.39 is 10.8 Å². The Morgan fingerprint density at radius 1 is 1.26 bits per heavy atom. The molecule has 1 aromatic rings. The summed E-state index contributed by atoms with van der Waals surface area (Å²) in [7, 11) is -0.722. The first kappa shape index (κ1) is 25.9. The number of piperazine rings is 1. The highest BCUT2D eigenvalue weighted by Gasteiger charge is 2.26. The summed E-state index contributed by atoms with van der Waals surface area (Å²) < 4.78 is 12.2. The molecular formula is C22H36IN5O2S. The maximum absolute atomic E-state index is 12.2. The molecule has 1 saturated carbocycles. The second kappa shape index (κ2) is 13.2. The number of benzene rings is 1. The highest BCUT2D eigenvalue weighted by molar-refractivity contribution is 14.0. The van der Waals surface area contributed by atoms with Crippen LogP contribution in [0.5, 0.6) is 0 Å². The fourth-order valence-electron chi connectivity index (χ4n) is 4.11. The molecule has 7 nitrogen and oxygen atoms in total. The van der Waals surface area contributed by atoms with Crippen LogP contribution >= 0.6 is 24.0 Å². The number of hydrogen-bond acceptors (Lipinski definition) is 4. The van der Waals surface area contributed by atoms with Gasteiger partial charge in [0, 0.05) is 53.2 Å². The second-order valence-corrected chi connectivity index (χ2v) is 9.94. The Morgan fingerprint density at radius 3 is 2.71 bits per heavy atom. The van der Waals surface area contributed by atoms with Gasteiger partial charge in [0.05, 0.1) is 13.1 Å². The van der Waals surface area contributed by atoms with Crippen molar-refractivity contribution >= 4 is 52.3 Å². The molecule has 3 unspecified atom stereocenters. The van der Waals surface area contributed by atoms with E-state index in [2.05, 4.69) is 52.0 Å². The molecule has 2 aliphatic rings. The lowest BCUT2D eigenvalue weighted by atomic mass is 9.95. The summed E-state index contributed by atoms with van der Waals surface area (Å²) in [5, 5.41) is 10.0. The standard InChI is InChI=1S/C22H35N5O2S.HI/c1-3-23-22(26-18-6-5-7-20(14-18)30(29)4-2)25-15-17-8-10-19(11-9-17)27-13-12-24-21(28)16-27;/h8-11,18,20H,3-7,12-16H2,1-2H3,(H,24,28)(H2,23,25,26);1H. The minimum Gasteiger partial charge on any atom is -0.360 e. The van der Waals surface area contributed by atoms with E-state index in [1.165, 1.54) is 0 Å². The average Bonchev–Trinajstić information content (AvgIpc) is 2.77. The molecule has 1 aliphatic carbocycles. The zero-order valence-electron chi connectivity index (χ0n) is 18.6. The van der Waals surface area contributed by atoms with E-state index >= 15 is 0 Å². The Bertz CT molecular complexity index is 759. The monoisotopic (exact) mass is 561 g/mol. The maximum Gasteiger partial charge on any atom is 0.239 e. The quantitative estimate of drug-likeness (QED) is 0.271. The van der Waals surface area contributed by atoms with Gasteiger partial charge in [-0.3, -0.25) is 9.00 Å². The van der Waals surface area contributed by atoms with Crippen LogP contribution in [0.3, 0.4) is 0 Å². The molecule has 0 spiro atoms. The van der Waals surface area contributed by atoms with Crippen LogP contribution in [0.2, 0.25) is 0 Å². The summed E-state index contributed by atoms with van der Waals surface area (Å²) in [5.41, 5.74) is 2.20. The van der Waals surface area contributed by atoms with Crippen LogP contribution in [-0.2, 0) is 22.1 Å². The minimum atomic E-state index is -0.722. The number of amides is 1. The van der Waals surface area contributed by atoms with Crippen molar-refractivity contribution in [1.29, 1.82) is 0 Å². The summed E-state index contributed by atoms with van der Waals surface area (Å²) >= 11 is 0. The van der Waals surface area contributed by atoms with Gasteiger partial charge >= 0.3 is 0 Å².